The van der Waals surface area contributed by atoms with Crippen LogP contribution in [0.1, 0.15) is 54.4 Å². The highest BCUT2D eigenvalue weighted by atomic mass is 16.5. The minimum Gasteiger partial charge on any atom is -0.467 e. The molecule has 7 heteroatoms. The van der Waals surface area contributed by atoms with Gasteiger partial charge in [0.25, 0.3) is 0 Å². The predicted molar refractivity (Wildman–Crippen MR) is 105 cm³/mol. The average Bonchev–Trinajstić information content (AvgIpc) is 2.54. The molecule has 0 fully saturated rings. The lowest BCUT2D eigenvalue weighted by atomic mass is 9.80. The van der Waals surface area contributed by atoms with E-state index in [2.05, 4.69) is 21.9 Å². The van der Waals surface area contributed by atoms with Crippen LogP contribution in [0.5, 0.6) is 0 Å². The van der Waals surface area contributed by atoms with Gasteiger partial charge in [0.05, 0.1) is 13.0 Å². The molecule has 0 heterocycles. The molecule has 0 aromatic carbocycles. The molecule has 0 aliphatic heterocycles. The number of amides is 2. The number of rotatable bonds is 11. The number of carbonyl (C=O) groups excluding carboxylic acids is 3. The highest BCUT2D eigenvalue weighted by Crippen LogP contribution is 2.27. The van der Waals surface area contributed by atoms with Crippen LogP contribution in [-0.4, -0.2) is 48.2 Å². The first kappa shape index (κ1) is 25.1. The van der Waals surface area contributed by atoms with Gasteiger partial charge >= 0.3 is 5.97 Å². The van der Waals surface area contributed by atoms with Crippen LogP contribution >= 0.6 is 0 Å². The number of hydrogen-bond acceptors (Lipinski definition) is 5. The zero-order valence-corrected chi connectivity index (χ0v) is 17.7. The molecule has 0 radical (unpaired) electrons. The minimum atomic E-state index is -1.59. The first-order chi connectivity index (χ1) is 12.4. The Morgan fingerprint density at radius 2 is 1.67 bits per heavy atom. The predicted octanol–water partition coefficient (Wildman–Crippen LogP) is 1.79. The van der Waals surface area contributed by atoms with Crippen LogP contribution in [0.3, 0.4) is 0 Å². The van der Waals surface area contributed by atoms with Crippen molar-refractivity contribution in [3.05, 3.63) is 12.7 Å². The van der Waals surface area contributed by atoms with Crippen molar-refractivity contribution in [1.29, 1.82) is 0 Å². The normalized spacial score (nSPS) is 15.0. The van der Waals surface area contributed by atoms with Crippen LogP contribution < -0.4 is 10.6 Å². The Balaban J connectivity index is 5.67. The standard InChI is InChI=1S/C20H36N2O5/c1-9-10-20(6,7)16(18(25)21-13(4)5)22-17(24)14(11-12(2)3)15(23)19(26)27-8/h9,12-16,23H,1,10-11H2,2-8H3,(H,21,25)(H,22,24)/t14-,15+,16?/m1/s1. The molecular formula is C20H36N2O5. The van der Waals surface area contributed by atoms with Gasteiger partial charge in [-0.15, -0.1) is 6.58 Å². The van der Waals surface area contributed by atoms with Crippen LogP contribution in [0.15, 0.2) is 12.7 Å². The van der Waals surface area contributed by atoms with E-state index in [0.29, 0.717) is 6.42 Å². The second-order valence-electron chi connectivity index (χ2n) is 8.29. The summed E-state index contributed by atoms with van der Waals surface area (Å²) in [5, 5.41) is 15.8. The van der Waals surface area contributed by atoms with E-state index in [9.17, 15) is 19.5 Å². The second kappa shape index (κ2) is 11.1. The van der Waals surface area contributed by atoms with E-state index in [0.717, 1.165) is 7.11 Å². The lowest BCUT2D eigenvalue weighted by Gasteiger charge is -2.35. The van der Waals surface area contributed by atoms with Crippen molar-refractivity contribution in [2.75, 3.05) is 7.11 Å². The molecule has 0 saturated carbocycles. The molecule has 156 valence electrons. The fourth-order valence-electron chi connectivity index (χ4n) is 2.90. The number of ether oxygens (including phenoxy) is 1. The summed E-state index contributed by atoms with van der Waals surface area (Å²) in [6, 6.07) is -0.937. The molecule has 0 aromatic heterocycles. The fraction of sp³-hybridized carbons (Fsp3) is 0.750. The molecule has 3 atom stereocenters. The smallest absolute Gasteiger partial charge is 0.335 e. The van der Waals surface area contributed by atoms with E-state index in [-0.39, 0.29) is 24.3 Å². The number of esters is 1. The van der Waals surface area contributed by atoms with Crippen molar-refractivity contribution in [2.45, 2.75) is 72.6 Å². The minimum absolute atomic E-state index is 0.0594. The Morgan fingerprint density at radius 1 is 1.11 bits per heavy atom. The third-order valence-electron chi connectivity index (χ3n) is 4.32. The van der Waals surface area contributed by atoms with Crippen LogP contribution in [0.4, 0.5) is 0 Å². The molecular weight excluding hydrogens is 348 g/mol. The number of nitrogens with one attached hydrogen (secondary N) is 2. The van der Waals surface area contributed by atoms with Gasteiger partial charge in [-0.3, -0.25) is 9.59 Å². The summed E-state index contributed by atoms with van der Waals surface area (Å²) < 4.78 is 4.57. The second-order valence-corrected chi connectivity index (χ2v) is 8.29. The topological polar surface area (TPSA) is 105 Å². The van der Waals surface area contributed by atoms with Gasteiger partial charge in [0, 0.05) is 6.04 Å². The number of methoxy groups -OCH3 is 1. The summed E-state index contributed by atoms with van der Waals surface area (Å²) >= 11 is 0. The van der Waals surface area contributed by atoms with Crippen LogP contribution in [-0.2, 0) is 19.1 Å². The monoisotopic (exact) mass is 384 g/mol. The third-order valence-corrected chi connectivity index (χ3v) is 4.32. The first-order valence-corrected chi connectivity index (χ1v) is 9.34. The Kier molecular flexibility index (Phi) is 10.3. The number of allylic oxidation sites excluding steroid dienone is 1. The molecule has 0 aromatic rings. The third kappa shape index (κ3) is 8.12. The number of hydrogen-bond donors (Lipinski definition) is 3. The summed E-state index contributed by atoms with van der Waals surface area (Å²) in [4.78, 5) is 37.4. The van der Waals surface area contributed by atoms with E-state index in [1.54, 1.807) is 6.08 Å². The first-order valence-electron chi connectivity index (χ1n) is 9.34. The molecule has 7 nitrogen and oxygen atoms in total. The number of carbonyl (C=O) groups is 3. The molecule has 0 rings (SSSR count). The van der Waals surface area contributed by atoms with Crippen molar-refractivity contribution in [2.24, 2.45) is 17.3 Å². The van der Waals surface area contributed by atoms with Gasteiger partial charge in [-0.2, -0.15) is 0 Å². The lowest BCUT2D eigenvalue weighted by molar-refractivity contribution is -0.157. The van der Waals surface area contributed by atoms with Gasteiger partial charge in [-0.05, 0) is 38.0 Å². The number of aliphatic hydroxyl groups is 1. The summed E-state index contributed by atoms with van der Waals surface area (Å²) in [5.41, 5.74) is -0.602. The van der Waals surface area contributed by atoms with Gasteiger partial charge in [-0.25, -0.2) is 4.79 Å². The van der Waals surface area contributed by atoms with Gasteiger partial charge in [0.1, 0.15) is 6.04 Å². The summed E-state index contributed by atoms with van der Waals surface area (Å²) in [6.45, 7) is 14.9. The lowest BCUT2D eigenvalue weighted by Crippen LogP contribution is -2.57. The van der Waals surface area contributed by atoms with Crippen LogP contribution in [0.25, 0.3) is 0 Å². The molecule has 0 aliphatic carbocycles. The van der Waals surface area contributed by atoms with Gasteiger partial charge < -0.3 is 20.5 Å². The van der Waals surface area contributed by atoms with Gasteiger partial charge in [0.2, 0.25) is 11.8 Å². The van der Waals surface area contributed by atoms with Gasteiger partial charge in [0.15, 0.2) is 6.10 Å². The average molecular weight is 385 g/mol. The Bertz CT molecular complexity index is 528. The molecule has 0 aliphatic rings. The van der Waals surface area contributed by atoms with E-state index in [1.807, 2.05) is 41.5 Å². The molecule has 0 saturated heterocycles. The largest absolute Gasteiger partial charge is 0.467 e. The summed E-state index contributed by atoms with van der Waals surface area (Å²) in [7, 11) is 1.15. The van der Waals surface area contributed by atoms with E-state index >= 15 is 0 Å². The maximum atomic E-state index is 12.9. The van der Waals surface area contributed by atoms with Crippen LogP contribution in [0.2, 0.25) is 0 Å². The van der Waals surface area contributed by atoms with E-state index in [1.165, 1.54) is 0 Å². The SMILES string of the molecule is C=CCC(C)(C)C(NC(=O)[C@H](CC(C)C)[C@H](O)C(=O)OC)C(=O)NC(C)C. The fourth-order valence-corrected chi connectivity index (χ4v) is 2.90. The quantitative estimate of drug-likeness (QED) is 0.372. The Hall–Kier alpha value is -1.89. The number of aliphatic hydroxyl groups excluding tert-OH is 1. The van der Waals surface area contributed by atoms with Crippen LogP contribution in [0, 0.1) is 17.3 Å². The summed E-state index contributed by atoms with van der Waals surface area (Å²) in [6.07, 6.45) is 0.880. The zero-order valence-electron chi connectivity index (χ0n) is 17.7. The van der Waals surface area contributed by atoms with Crippen molar-refractivity contribution in [3.8, 4) is 0 Å². The van der Waals surface area contributed by atoms with Gasteiger partial charge in [-0.1, -0.05) is 33.8 Å². The maximum Gasteiger partial charge on any atom is 0.335 e. The molecule has 3 N–H and O–H groups in total. The van der Waals surface area contributed by atoms with Crippen molar-refractivity contribution < 1.29 is 24.2 Å². The molecule has 1 unspecified atom stereocenters. The van der Waals surface area contributed by atoms with Crippen molar-refractivity contribution >= 4 is 17.8 Å². The maximum absolute atomic E-state index is 12.9. The van der Waals surface area contributed by atoms with Crippen molar-refractivity contribution in [3.63, 3.8) is 0 Å². The molecule has 0 spiro atoms. The summed E-state index contributed by atoms with van der Waals surface area (Å²) in [5.74, 6) is -2.69. The molecule has 2 amide bonds. The van der Waals surface area contributed by atoms with E-state index < -0.39 is 35.4 Å². The highest BCUT2D eigenvalue weighted by Gasteiger charge is 2.40. The Morgan fingerprint density at radius 3 is 2.07 bits per heavy atom. The highest BCUT2D eigenvalue weighted by molar-refractivity contribution is 5.91. The van der Waals surface area contributed by atoms with E-state index in [4.69, 9.17) is 0 Å². The Labute approximate surface area is 162 Å². The molecule has 27 heavy (non-hydrogen) atoms. The van der Waals surface area contributed by atoms with Crippen molar-refractivity contribution in [1.82, 2.24) is 10.6 Å². The zero-order chi connectivity index (χ0) is 21.4. The molecule has 0 bridgehead atoms.